The Kier molecular flexibility index (Phi) is 4.11. The number of rotatable bonds is 4. The lowest BCUT2D eigenvalue weighted by Gasteiger charge is -1.98. The second kappa shape index (κ2) is 5.97. The third-order valence-electron chi connectivity index (χ3n) is 2.89. The predicted molar refractivity (Wildman–Crippen MR) is 77.9 cm³/mol. The molecule has 100 valence electrons. The number of hydrogen-bond donors (Lipinski definition) is 1. The highest BCUT2D eigenvalue weighted by Crippen LogP contribution is 2.09. The number of allylic oxidation sites excluding steroid dienone is 1. The van der Waals surface area contributed by atoms with E-state index in [4.69, 9.17) is 5.11 Å². The summed E-state index contributed by atoms with van der Waals surface area (Å²) in [5.74, 6) is -1.03. The van der Waals surface area contributed by atoms with Gasteiger partial charge in [-0.15, -0.1) is 0 Å². The molecular formula is C17H14O3. The molecule has 1 N–H and O–H groups in total. The molecule has 2 rings (SSSR count). The smallest absolute Gasteiger partial charge is 0.335 e. The molecule has 0 unspecified atom stereocenters. The summed E-state index contributed by atoms with van der Waals surface area (Å²) < 4.78 is 0. The molecule has 0 heterocycles. The van der Waals surface area contributed by atoms with Gasteiger partial charge in [-0.25, -0.2) is 4.79 Å². The van der Waals surface area contributed by atoms with E-state index in [1.807, 2.05) is 25.1 Å². The highest BCUT2D eigenvalue weighted by Gasteiger charge is 2.02. The Hall–Kier alpha value is -2.68. The van der Waals surface area contributed by atoms with E-state index >= 15 is 0 Å². The molecule has 2 aromatic carbocycles. The summed E-state index contributed by atoms with van der Waals surface area (Å²) in [7, 11) is 0. The Morgan fingerprint density at radius 3 is 2.30 bits per heavy atom. The maximum Gasteiger partial charge on any atom is 0.335 e. The summed E-state index contributed by atoms with van der Waals surface area (Å²) in [4.78, 5) is 22.7. The summed E-state index contributed by atoms with van der Waals surface area (Å²) in [5.41, 5.74) is 2.70. The van der Waals surface area contributed by atoms with E-state index < -0.39 is 5.97 Å². The predicted octanol–water partition coefficient (Wildman–Crippen LogP) is 3.59. The third kappa shape index (κ3) is 3.42. The maximum atomic E-state index is 12.0. The fourth-order valence-corrected chi connectivity index (χ4v) is 1.80. The second-order valence-electron chi connectivity index (χ2n) is 4.49. The number of carbonyl (C=O) groups is 2. The molecule has 0 spiro atoms. The monoisotopic (exact) mass is 266 g/mol. The van der Waals surface area contributed by atoms with Crippen molar-refractivity contribution < 1.29 is 14.7 Å². The Bertz CT molecular complexity index is 667. The number of benzene rings is 2. The quantitative estimate of drug-likeness (QED) is 0.679. The highest BCUT2D eigenvalue weighted by molar-refractivity contribution is 6.06. The summed E-state index contributed by atoms with van der Waals surface area (Å²) in [6, 6.07) is 13.8. The first-order valence-corrected chi connectivity index (χ1v) is 6.19. The maximum absolute atomic E-state index is 12.0. The van der Waals surface area contributed by atoms with Crippen LogP contribution in [-0.4, -0.2) is 16.9 Å². The number of carbonyl (C=O) groups excluding carboxylic acids is 1. The minimum atomic E-state index is -0.962. The molecule has 0 saturated carbocycles. The van der Waals surface area contributed by atoms with Gasteiger partial charge >= 0.3 is 5.97 Å². The van der Waals surface area contributed by atoms with Crippen LogP contribution in [0.15, 0.2) is 54.6 Å². The van der Waals surface area contributed by atoms with Crippen LogP contribution in [0.3, 0.4) is 0 Å². The van der Waals surface area contributed by atoms with E-state index in [0.29, 0.717) is 5.56 Å². The molecule has 0 aromatic heterocycles. The molecule has 0 aliphatic carbocycles. The number of ketones is 1. The van der Waals surface area contributed by atoms with Crippen LogP contribution < -0.4 is 0 Å². The van der Waals surface area contributed by atoms with Crippen LogP contribution in [0.25, 0.3) is 6.08 Å². The van der Waals surface area contributed by atoms with Crippen molar-refractivity contribution in [3.63, 3.8) is 0 Å². The van der Waals surface area contributed by atoms with Gasteiger partial charge in [-0.3, -0.25) is 4.79 Å². The van der Waals surface area contributed by atoms with E-state index in [1.165, 1.54) is 18.2 Å². The zero-order valence-corrected chi connectivity index (χ0v) is 11.0. The van der Waals surface area contributed by atoms with Gasteiger partial charge in [0.2, 0.25) is 0 Å². The molecule has 0 aliphatic rings. The van der Waals surface area contributed by atoms with Crippen LogP contribution in [0.2, 0.25) is 0 Å². The molecule has 0 aliphatic heterocycles. The summed E-state index contributed by atoms with van der Waals surface area (Å²) in [5, 5.41) is 8.80. The number of carboxylic acid groups (broad SMARTS) is 1. The number of carboxylic acids is 1. The standard InChI is InChI=1S/C17H14O3/c1-12-3-2-4-15(11-12)16(18)10-7-13-5-8-14(9-6-13)17(19)20/h2-11H,1H3,(H,19,20). The van der Waals surface area contributed by atoms with Gasteiger partial charge in [0.05, 0.1) is 5.56 Å². The van der Waals surface area contributed by atoms with E-state index in [-0.39, 0.29) is 11.3 Å². The zero-order chi connectivity index (χ0) is 14.5. The molecule has 0 atom stereocenters. The molecule has 0 saturated heterocycles. The first kappa shape index (κ1) is 13.7. The van der Waals surface area contributed by atoms with Gasteiger partial charge in [0.1, 0.15) is 0 Å². The molecule has 3 nitrogen and oxygen atoms in total. The lowest BCUT2D eigenvalue weighted by molar-refractivity contribution is 0.0696. The lowest BCUT2D eigenvalue weighted by atomic mass is 10.1. The van der Waals surface area contributed by atoms with E-state index in [0.717, 1.165) is 11.1 Å². The topological polar surface area (TPSA) is 54.4 Å². The first-order valence-electron chi connectivity index (χ1n) is 6.19. The normalized spacial score (nSPS) is 10.7. The van der Waals surface area contributed by atoms with Crippen molar-refractivity contribution in [1.82, 2.24) is 0 Å². The van der Waals surface area contributed by atoms with Crippen LogP contribution in [0.5, 0.6) is 0 Å². The Morgan fingerprint density at radius 2 is 1.70 bits per heavy atom. The molecule has 3 heteroatoms. The van der Waals surface area contributed by atoms with Gasteiger partial charge in [-0.05, 0) is 36.8 Å². The van der Waals surface area contributed by atoms with Crippen LogP contribution in [0, 0.1) is 6.92 Å². The summed E-state index contributed by atoms with van der Waals surface area (Å²) >= 11 is 0. The summed E-state index contributed by atoms with van der Waals surface area (Å²) in [6.07, 6.45) is 3.17. The van der Waals surface area contributed by atoms with Crippen molar-refractivity contribution >= 4 is 17.8 Å². The molecule has 0 amide bonds. The van der Waals surface area contributed by atoms with Gasteiger partial charge in [0, 0.05) is 5.56 Å². The average Bonchev–Trinajstić information content (AvgIpc) is 2.45. The van der Waals surface area contributed by atoms with E-state index in [9.17, 15) is 9.59 Å². The average molecular weight is 266 g/mol. The highest BCUT2D eigenvalue weighted by atomic mass is 16.4. The van der Waals surface area contributed by atoms with Crippen LogP contribution in [-0.2, 0) is 0 Å². The number of hydrogen-bond acceptors (Lipinski definition) is 2. The van der Waals surface area contributed by atoms with Crippen LogP contribution >= 0.6 is 0 Å². The molecule has 20 heavy (non-hydrogen) atoms. The Morgan fingerprint density at radius 1 is 1.00 bits per heavy atom. The van der Waals surface area contributed by atoms with Crippen molar-refractivity contribution in [1.29, 1.82) is 0 Å². The largest absolute Gasteiger partial charge is 0.478 e. The van der Waals surface area contributed by atoms with Gasteiger partial charge in [0.15, 0.2) is 5.78 Å². The molecule has 0 fully saturated rings. The van der Waals surface area contributed by atoms with Crippen molar-refractivity contribution in [3.8, 4) is 0 Å². The SMILES string of the molecule is Cc1cccc(C(=O)C=Cc2ccc(C(=O)O)cc2)c1. The molecule has 0 radical (unpaired) electrons. The third-order valence-corrected chi connectivity index (χ3v) is 2.89. The van der Waals surface area contributed by atoms with Crippen molar-refractivity contribution in [3.05, 3.63) is 76.9 Å². The second-order valence-corrected chi connectivity index (χ2v) is 4.49. The molecular weight excluding hydrogens is 252 g/mol. The minimum absolute atomic E-state index is 0.0731. The lowest BCUT2D eigenvalue weighted by Crippen LogP contribution is -1.95. The van der Waals surface area contributed by atoms with Crippen molar-refractivity contribution in [2.24, 2.45) is 0 Å². The van der Waals surface area contributed by atoms with Gasteiger partial charge in [-0.2, -0.15) is 0 Å². The number of aromatic carboxylic acids is 1. The van der Waals surface area contributed by atoms with Gasteiger partial charge < -0.3 is 5.11 Å². The summed E-state index contributed by atoms with van der Waals surface area (Å²) in [6.45, 7) is 1.94. The van der Waals surface area contributed by atoms with E-state index in [2.05, 4.69) is 0 Å². The van der Waals surface area contributed by atoms with Crippen LogP contribution in [0.1, 0.15) is 31.8 Å². The minimum Gasteiger partial charge on any atom is -0.478 e. The van der Waals surface area contributed by atoms with Crippen molar-refractivity contribution in [2.75, 3.05) is 0 Å². The van der Waals surface area contributed by atoms with Gasteiger partial charge in [0.25, 0.3) is 0 Å². The molecule has 2 aromatic rings. The Balaban J connectivity index is 2.13. The van der Waals surface area contributed by atoms with Crippen LogP contribution in [0.4, 0.5) is 0 Å². The zero-order valence-electron chi connectivity index (χ0n) is 11.0. The molecule has 0 bridgehead atoms. The van der Waals surface area contributed by atoms with E-state index in [1.54, 1.807) is 24.3 Å². The fraction of sp³-hybridized carbons (Fsp3) is 0.0588. The Labute approximate surface area is 117 Å². The fourth-order valence-electron chi connectivity index (χ4n) is 1.80. The van der Waals surface area contributed by atoms with Gasteiger partial charge in [-0.1, -0.05) is 42.0 Å². The van der Waals surface area contributed by atoms with Crippen molar-refractivity contribution in [2.45, 2.75) is 6.92 Å². The number of aryl methyl sites for hydroxylation is 1. The first-order chi connectivity index (χ1) is 9.56.